The fourth-order valence-electron chi connectivity index (χ4n) is 4.19. The van der Waals surface area contributed by atoms with Crippen LogP contribution >= 0.6 is 11.6 Å². The quantitative estimate of drug-likeness (QED) is 0.543. The molecule has 3 aromatic rings. The summed E-state index contributed by atoms with van der Waals surface area (Å²) in [6.45, 7) is 3.55. The van der Waals surface area contributed by atoms with E-state index in [2.05, 4.69) is 9.88 Å². The number of hydrogen-bond donors (Lipinski definition) is 1. The zero-order valence-corrected chi connectivity index (χ0v) is 19.1. The minimum atomic E-state index is -0.558. The van der Waals surface area contributed by atoms with Gasteiger partial charge in [-0.15, -0.1) is 0 Å². The predicted octanol–water partition coefficient (Wildman–Crippen LogP) is 5.16. The zero-order chi connectivity index (χ0) is 23.4. The Hall–Kier alpha value is -3.32. The summed E-state index contributed by atoms with van der Waals surface area (Å²) in [7, 11) is 0. The SMILES string of the molecule is CCCN(CC(=O)N1CCn2cccc2[C@@H]1c1ccccc1)C(=O)Nc1ccc(F)c(Cl)c1. The van der Waals surface area contributed by atoms with E-state index in [0.29, 0.717) is 31.7 Å². The van der Waals surface area contributed by atoms with Gasteiger partial charge in [0.1, 0.15) is 12.4 Å². The van der Waals surface area contributed by atoms with Crippen molar-refractivity contribution in [1.82, 2.24) is 14.4 Å². The van der Waals surface area contributed by atoms with Gasteiger partial charge < -0.3 is 19.7 Å². The van der Waals surface area contributed by atoms with E-state index >= 15 is 0 Å². The molecule has 6 nitrogen and oxygen atoms in total. The van der Waals surface area contributed by atoms with Gasteiger partial charge in [0.15, 0.2) is 0 Å². The number of halogens is 2. The van der Waals surface area contributed by atoms with Crippen LogP contribution in [0, 0.1) is 5.82 Å². The minimum absolute atomic E-state index is 0.0569. The van der Waals surface area contributed by atoms with Gasteiger partial charge in [0.25, 0.3) is 0 Å². The second-order valence-electron chi connectivity index (χ2n) is 8.01. The van der Waals surface area contributed by atoms with Crippen molar-refractivity contribution in [1.29, 1.82) is 0 Å². The maximum Gasteiger partial charge on any atom is 0.322 e. The molecular formula is C25H26ClFN4O2. The van der Waals surface area contributed by atoms with E-state index in [1.807, 2.05) is 60.5 Å². The van der Waals surface area contributed by atoms with Crippen LogP contribution in [0.15, 0.2) is 66.9 Å². The molecule has 0 spiro atoms. The first-order chi connectivity index (χ1) is 16.0. The van der Waals surface area contributed by atoms with Crippen LogP contribution in [0.1, 0.15) is 30.6 Å². The van der Waals surface area contributed by atoms with Crippen molar-refractivity contribution < 1.29 is 14.0 Å². The van der Waals surface area contributed by atoms with E-state index < -0.39 is 11.8 Å². The summed E-state index contributed by atoms with van der Waals surface area (Å²) in [4.78, 5) is 29.7. The van der Waals surface area contributed by atoms with Crippen LogP contribution < -0.4 is 5.32 Å². The van der Waals surface area contributed by atoms with Crippen molar-refractivity contribution in [3.8, 4) is 0 Å². The summed E-state index contributed by atoms with van der Waals surface area (Å²) in [5.41, 5.74) is 2.45. The first-order valence-corrected chi connectivity index (χ1v) is 11.4. The molecule has 33 heavy (non-hydrogen) atoms. The molecule has 0 bridgehead atoms. The second kappa shape index (κ2) is 10.1. The molecule has 0 fully saturated rings. The third-order valence-corrected chi connectivity index (χ3v) is 6.04. The number of nitrogens with one attached hydrogen (secondary N) is 1. The fraction of sp³-hybridized carbons (Fsp3) is 0.280. The van der Waals surface area contributed by atoms with E-state index in [0.717, 1.165) is 11.3 Å². The van der Waals surface area contributed by atoms with Gasteiger partial charge in [-0.1, -0.05) is 48.9 Å². The molecule has 172 valence electrons. The summed E-state index contributed by atoms with van der Waals surface area (Å²) >= 11 is 5.83. The second-order valence-corrected chi connectivity index (χ2v) is 8.41. The first-order valence-electron chi connectivity index (χ1n) is 11.0. The summed E-state index contributed by atoms with van der Waals surface area (Å²) in [6.07, 6.45) is 2.72. The number of nitrogens with zero attached hydrogens (tertiary/aromatic N) is 3. The number of urea groups is 1. The van der Waals surface area contributed by atoms with Gasteiger partial charge in [-0.05, 0) is 42.3 Å². The molecule has 1 atom stereocenters. The molecule has 0 aliphatic carbocycles. The maximum absolute atomic E-state index is 13.5. The highest BCUT2D eigenvalue weighted by molar-refractivity contribution is 6.31. The Morgan fingerprint density at radius 3 is 2.64 bits per heavy atom. The molecule has 2 heterocycles. The van der Waals surface area contributed by atoms with Gasteiger partial charge in [-0.25, -0.2) is 9.18 Å². The van der Waals surface area contributed by atoms with Gasteiger partial charge in [-0.3, -0.25) is 4.79 Å². The lowest BCUT2D eigenvalue weighted by Gasteiger charge is -2.38. The lowest BCUT2D eigenvalue weighted by molar-refractivity contribution is -0.134. The molecule has 1 aliphatic heterocycles. The Morgan fingerprint density at radius 2 is 1.91 bits per heavy atom. The highest BCUT2D eigenvalue weighted by atomic mass is 35.5. The molecule has 2 aromatic carbocycles. The van der Waals surface area contributed by atoms with Crippen LogP contribution in [0.2, 0.25) is 5.02 Å². The molecule has 0 radical (unpaired) electrons. The van der Waals surface area contributed by atoms with Crippen LogP contribution in [0.5, 0.6) is 0 Å². The average molecular weight is 469 g/mol. The lowest BCUT2D eigenvalue weighted by Crippen LogP contribution is -2.48. The average Bonchev–Trinajstić information content (AvgIpc) is 3.30. The van der Waals surface area contributed by atoms with Gasteiger partial charge in [-0.2, -0.15) is 0 Å². The third-order valence-electron chi connectivity index (χ3n) is 5.75. The Labute approximate surface area is 197 Å². The van der Waals surface area contributed by atoms with Crippen LogP contribution in [-0.2, 0) is 11.3 Å². The number of carbonyl (C=O) groups excluding carboxylic acids is 2. The van der Waals surface area contributed by atoms with Crippen molar-refractivity contribution in [2.24, 2.45) is 0 Å². The smallest absolute Gasteiger partial charge is 0.322 e. The fourth-order valence-corrected chi connectivity index (χ4v) is 4.37. The van der Waals surface area contributed by atoms with E-state index in [4.69, 9.17) is 11.6 Å². The molecule has 3 amide bonds. The monoisotopic (exact) mass is 468 g/mol. The molecule has 4 rings (SSSR count). The Bertz CT molecular complexity index is 1130. The summed E-state index contributed by atoms with van der Waals surface area (Å²) in [5.74, 6) is -0.686. The molecule has 1 aromatic heterocycles. The first kappa shape index (κ1) is 22.9. The largest absolute Gasteiger partial charge is 0.348 e. The van der Waals surface area contributed by atoms with Crippen LogP contribution in [0.25, 0.3) is 0 Å². The molecule has 8 heteroatoms. The minimum Gasteiger partial charge on any atom is -0.348 e. The number of anilines is 1. The molecular weight excluding hydrogens is 443 g/mol. The number of rotatable bonds is 6. The molecule has 0 saturated heterocycles. The zero-order valence-electron chi connectivity index (χ0n) is 18.4. The van der Waals surface area contributed by atoms with E-state index in [9.17, 15) is 14.0 Å². The Morgan fingerprint density at radius 1 is 1.12 bits per heavy atom. The van der Waals surface area contributed by atoms with Crippen molar-refractivity contribution in [3.05, 3.63) is 89.0 Å². The molecule has 0 unspecified atom stereocenters. The summed E-state index contributed by atoms with van der Waals surface area (Å²) < 4.78 is 15.6. The number of benzene rings is 2. The van der Waals surface area contributed by atoms with E-state index in [-0.39, 0.29) is 23.5 Å². The summed E-state index contributed by atoms with van der Waals surface area (Å²) in [6, 6.07) is 17.3. The van der Waals surface area contributed by atoms with Crippen molar-refractivity contribution in [2.75, 3.05) is 25.0 Å². The molecule has 1 N–H and O–H groups in total. The maximum atomic E-state index is 13.5. The molecule has 1 aliphatic rings. The topological polar surface area (TPSA) is 57.6 Å². The number of fused-ring (bicyclic) bond motifs is 1. The number of amides is 3. The van der Waals surface area contributed by atoms with Crippen molar-refractivity contribution in [2.45, 2.75) is 25.9 Å². The van der Waals surface area contributed by atoms with E-state index in [1.54, 1.807) is 0 Å². The van der Waals surface area contributed by atoms with Crippen LogP contribution in [-0.4, -0.2) is 45.9 Å². The normalized spacial score (nSPS) is 15.1. The number of aromatic nitrogens is 1. The van der Waals surface area contributed by atoms with Crippen LogP contribution in [0.4, 0.5) is 14.9 Å². The Balaban J connectivity index is 1.53. The highest BCUT2D eigenvalue weighted by Gasteiger charge is 2.33. The lowest BCUT2D eigenvalue weighted by atomic mass is 10.00. The predicted molar refractivity (Wildman–Crippen MR) is 127 cm³/mol. The van der Waals surface area contributed by atoms with Crippen molar-refractivity contribution >= 4 is 29.2 Å². The standard InChI is InChI=1S/C25H26ClFN4O2/c1-2-12-30(25(33)28-19-10-11-21(27)20(26)16-19)17-23(32)31-15-14-29-13-6-9-22(29)24(31)18-7-4-3-5-8-18/h3-11,13,16,24H,2,12,14-15,17H2,1H3,(H,28,33)/t24-/m0/s1. The highest BCUT2D eigenvalue weighted by Crippen LogP contribution is 2.32. The molecule has 0 saturated carbocycles. The van der Waals surface area contributed by atoms with Gasteiger partial charge >= 0.3 is 6.03 Å². The third kappa shape index (κ3) is 5.03. The number of hydrogen-bond acceptors (Lipinski definition) is 2. The van der Waals surface area contributed by atoms with Gasteiger partial charge in [0.2, 0.25) is 5.91 Å². The van der Waals surface area contributed by atoms with Crippen LogP contribution in [0.3, 0.4) is 0 Å². The van der Waals surface area contributed by atoms with Gasteiger partial charge in [0, 0.05) is 37.2 Å². The van der Waals surface area contributed by atoms with Gasteiger partial charge in [0.05, 0.1) is 11.1 Å². The van der Waals surface area contributed by atoms with Crippen molar-refractivity contribution in [3.63, 3.8) is 0 Å². The summed E-state index contributed by atoms with van der Waals surface area (Å²) in [5, 5.41) is 2.64. The van der Waals surface area contributed by atoms with E-state index in [1.165, 1.54) is 23.1 Å². The number of carbonyl (C=O) groups is 2. The Kier molecular flexibility index (Phi) is 6.99.